The number of carbonyl (C=O) groups is 1. The van der Waals surface area contributed by atoms with E-state index in [1.54, 1.807) is 6.20 Å². The summed E-state index contributed by atoms with van der Waals surface area (Å²) in [7, 11) is 0. The molecule has 6 N–H and O–H groups in total. The Morgan fingerprint density at radius 2 is 1.86 bits per heavy atom. The minimum atomic E-state index is -0.512. The number of nitrogens with two attached hydrogens (primary N) is 1. The molecule has 1 amide bonds. The van der Waals surface area contributed by atoms with Gasteiger partial charge in [0.25, 0.3) is 5.56 Å². The molecular formula is C18H30N6O5. The van der Waals surface area contributed by atoms with Crippen LogP contribution in [0, 0.1) is 0 Å². The fourth-order valence-electron chi connectivity index (χ4n) is 2.49. The highest BCUT2D eigenvalue weighted by Crippen LogP contribution is 2.12. The summed E-state index contributed by atoms with van der Waals surface area (Å²) in [5.74, 6) is 0.0834. The molecule has 29 heavy (non-hydrogen) atoms. The number of aromatic nitrogens is 3. The summed E-state index contributed by atoms with van der Waals surface area (Å²) < 4.78 is 16.0. The van der Waals surface area contributed by atoms with Crippen LogP contribution in [0.2, 0.25) is 0 Å². The summed E-state index contributed by atoms with van der Waals surface area (Å²) >= 11 is 0. The van der Waals surface area contributed by atoms with Gasteiger partial charge in [-0.05, 0) is 26.3 Å². The Morgan fingerprint density at radius 1 is 1.17 bits per heavy atom. The Kier molecular flexibility index (Phi) is 8.43. The second-order valence-electron chi connectivity index (χ2n) is 7.32. The fourth-order valence-corrected chi connectivity index (χ4v) is 2.49. The molecule has 2 heterocycles. The lowest BCUT2D eigenvalue weighted by atomic mass is 10.2. The lowest BCUT2D eigenvalue weighted by Crippen LogP contribution is -2.34. The number of carbonyl (C=O) groups excluding carboxylic acids is 1. The topological polar surface area (TPSA) is 156 Å². The van der Waals surface area contributed by atoms with Crippen molar-refractivity contribution >= 4 is 23.1 Å². The number of fused-ring (bicyclic) bond motifs is 1. The summed E-state index contributed by atoms with van der Waals surface area (Å²) in [4.78, 5) is 32.9. The van der Waals surface area contributed by atoms with E-state index in [-0.39, 0.29) is 11.5 Å². The molecule has 2 aromatic heterocycles. The molecule has 0 fully saturated rings. The van der Waals surface area contributed by atoms with Gasteiger partial charge in [-0.15, -0.1) is 0 Å². The molecule has 0 saturated carbocycles. The third-order valence-corrected chi connectivity index (χ3v) is 3.67. The summed E-state index contributed by atoms with van der Waals surface area (Å²) in [5, 5.41) is 6.32. The number of nitrogens with one attached hydrogen (secondary N) is 4. The molecule has 0 saturated heterocycles. The molecule has 0 aliphatic rings. The van der Waals surface area contributed by atoms with Crippen molar-refractivity contribution in [3.63, 3.8) is 0 Å². The highest BCUT2D eigenvalue weighted by molar-refractivity contribution is 5.79. The van der Waals surface area contributed by atoms with Crippen molar-refractivity contribution < 1.29 is 19.0 Å². The maximum absolute atomic E-state index is 12.0. The number of amides is 1. The second-order valence-corrected chi connectivity index (χ2v) is 7.32. The maximum atomic E-state index is 12.0. The zero-order valence-corrected chi connectivity index (χ0v) is 17.1. The van der Waals surface area contributed by atoms with Crippen molar-refractivity contribution in [1.82, 2.24) is 25.6 Å². The molecule has 0 spiro atoms. The normalized spacial score (nSPS) is 11.7. The summed E-state index contributed by atoms with van der Waals surface area (Å²) in [6.45, 7) is 8.69. The first-order valence-electron chi connectivity index (χ1n) is 9.45. The Bertz CT molecular complexity index is 841. The van der Waals surface area contributed by atoms with Crippen LogP contribution < -0.4 is 21.9 Å². The van der Waals surface area contributed by atoms with E-state index in [4.69, 9.17) is 19.9 Å². The van der Waals surface area contributed by atoms with Gasteiger partial charge < -0.3 is 35.6 Å². The number of ether oxygens (including phenoxy) is 3. The maximum Gasteiger partial charge on any atom is 0.407 e. The number of aromatic amines is 2. The number of nitrogens with zero attached hydrogens (tertiary/aromatic N) is 1. The van der Waals surface area contributed by atoms with Crippen molar-refractivity contribution in [3.8, 4) is 0 Å². The summed E-state index contributed by atoms with van der Waals surface area (Å²) in [5.41, 5.74) is 6.03. The van der Waals surface area contributed by atoms with Crippen LogP contribution in [0.4, 0.5) is 10.7 Å². The van der Waals surface area contributed by atoms with Crippen molar-refractivity contribution in [1.29, 1.82) is 0 Å². The van der Waals surface area contributed by atoms with Gasteiger partial charge in [0, 0.05) is 25.8 Å². The van der Waals surface area contributed by atoms with Gasteiger partial charge in [-0.25, -0.2) is 4.79 Å². The van der Waals surface area contributed by atoms with Gasteiger partial charge in [0.2, 0.25) is 5.95 Å². The first-order chi connectivity index (χ1) is 13.8. The van der Waals surface area contributed by atoms with Gasteiger partial charge in [0.05, 0.1) is 31.8 Å². The largest absolute Gasteiger partial charge is 0.444 e. The van der Waals surface area contributed by atoms with Gasteiger partial charge in [0.15, 0.2) is 0 Å². The van der Waals surface area contributed by atoms with Gasteiger partial charge in [-0.3, -0.25) is 9.78 Å². The Morgan fingerprint density at radius 3 is 2.55 bits per heavy atom. The van der Waals surface area contributed by atoms with Crippen LogP contribution in [-0.4, -0.2) is 66.2 Å². The van der Waals surface area contributed by atoms with Crippen molar-refractivity contribution in [2.75, 3.05) is 45.3 Å². The molecule has 11 nitrogen and oxygen atoms in total. The minimum absolute atomic E-state index is 0.0834. The number of anilines is 1. The average Bonchev–Trinajstić information content (AvgIpc) is 3.01. The van der Waals surface area contributed by atoms with Crippen molar-refractivity contribution in [2.24, 2.45) is 0 Å². The van der Waals surface area contributed by atoms with Gasteiger partial charge in [-0.1, -0.05) is 0 Å². The molecule has 0 aromatic carbocycles. The number of hydrogen-bond donors (Lipinski definition) is 5. The van der Waals surface area contributed by atoms with E-state index in [2.05, 4.69) is 25.6 Å². The Balaban J connectivity index is 1.49. The predicted molar refractivity (Wildman–Crippen MR) is 109 cm³/mol. The number of H-pyrrole nitrogens is 2. The average molecular weight is 410 g/mol. The van der Waals surface area contributed by atoms with E-state index in [0.29, 0.717) is 57.1 Å². The molecule has 162 valence electrons. The zero-order valence-electron chi connectivity index (χ0n) is 17.1. The summed E-state index contributed by atoms with van der Waals surface area (Å²) in [6, 6.07) is 0. The highest BCUT2D eigenvalue weighted by atomic mass is 16.6. The van der Waals surface area contributed by atoms with Gasteiger partial charge in [-0.2, -0.15) is 4.98 Å². The van der Waals surface area contributed by atoms with Crippen LogP contribution in [0.15, 0.2) is 11.0 Å². The highest BCUT2D eigenvalue weighted by Gasteiger charge is 2.15. The van der Waals surface area contributed by atoms with Crippen LogP contribution in [0.5, 0.6) is 0 Å². The standard InChI is InChI=1S/C18H30N6O5/c1-18(2,3)29-17(26)21-5-7-28-9-8-27-6-4-20-10-12-11-22-14-13(12)15(25)24-16(19)23-14/h11,20H,4-10H2,1-3H3,(H,21,26)(H4,19,22,23,24,25). The third kappa shape index (κ3) is 8.10. The second kappa shape index (κ2) is 10.8. The van der Waals surface area contributed by atoms with Crippen molar-refractivity contribution in [2.45, 2.75) is 32.9 Å². The van der Waals surface area contributed by atoms with Crippen LogP contribution in [-0.2, 0) is 20.8 Å². The number of alkyl carbamates (subject to hydrolysis) is 1. The molecule has 0 aliphatic carbocycles. The fraction of sp³-hybridized carbons (Fsp3) is 0.611. The van der Waals surface area contributed by atoms with Crippen LogP contribution in [0.25, 0.3) is 11.0 Å². The van der Waals surface area contributed by atoms with E-state index in [9.17, 15) is 9.59 Å². The first kappa shape index (κ1) is 22.7. The Hall–Kier alpha value is -2.63. The molecule has 2 rings (SSSR count). The minimum Gasteiger partial charge on any atom is -0.444 e. The number of hydrogen-bond acceptors (Lipinski definition) is 8. The lowest BCUT2D eigenvalue weighted by molar-refractivity contribution is 0.0403. The molecule has 0 aliphatic heterocycles. The lowest BCUT2D eigenvalue weighted by Gasteiger charge is -2.19. The third-order valence-electron chi connectivity index (χ3n) is 3.67. The summed E-state index contributed by atoms with van der Waals surface area (Å²) in [6.07, 6.45) is 1.28. The Labute approximate surface area is 168 Å². The molecule has 2 aromatic rings. The van der Waals surface area contributed by atoms with E-state index >= 15 is 0 Å². The van der Waals surface area contributed by atoms with E-state index in [1.165, 1.54) is 0 Å². The van der Waals surface area contributed by atoms with Crippen molar-refractivity contribution in [3.05, 3.63) is 22.1 Å². The monoisotopic (exact) mass is 410 g/mol. The quantitative estimate of drug-likeness (QED) is 0.335. The molecule has 0 atom stereocenters. The van der Waals surface area contributed by atoms with Gasteiger partial charge in [0.1, 0.15) is 11.2 Å². The molecule has 0 bridgehead atoms. The van der Waals surface area contributed by atoms with E-state index < -0.39 is 11.7 Å². The first-order valence-corrected chi connectivity index (χ1v) is 9.45. The molecule has 0 unspecified atom stereocenters. The van der Waals surface area contributed by atoms with Crippen LogP contribution >= 0.6 is 0 Å². The molecular weight excluding hydrogens is 380 g/mol. The smallest absolute Gasteiger partial charge is 0.407 e. The number of nitrogen functional groups attached to an aromatic ring is 1. The van der Waals surface area contributed by atoms with Crippen LogP contribution in [0.1, 0.15) is 26.3 Å². The number of rotatable bonds is 11. The molecule has 0 radical (unpaired) electrons. The predicted octanol–water partition coefficient (Wildman–Crippen LogP) is 0.481. The van der Waals surface area contributed by atoms with E-state index in [0.717, 1.165) is 5.56 Å². The SMILES string of the molecule is CC(C)(C)OC(=O)NCCOCCOCCNCc1c[nH]c2nc(N)[nH]c(=O)c12. The molecule has 11 heteroatoms. The van der Waals surface area contributed by atoms with Crippen LogP contribution in [0.3, 0.4) is 0 Å². The van der Waals surface area contributed by atoms with E-state index in [1.807, 2.05) is 20.8 Å². The van der Waals surface area contributed by atoms with Gasteiger partial charge >= 0.3 is 6.09 Å². The zero-order chi connectivity index (χ0) is 21.3.